The van der Waals surface area contributed by atoms with Gasteiger partial charge in [-0.1, -0.05) is 46.2 Å². The molecule has 0 aromatic carbocycles. The highest BCUT2D eigenvalue weighted by molar-refractivity contribution is 6.74. The molecule has 0 bridgehead atoms. The van der Waals surface area contributed by atoms with E-state index in [1.165, 1.54) is 0 Å². The number of halogens is 1. The maximum absolute atomic E-state index is 6.75. The fourth-order valence-corrected chi connectivity index (χ4v) is 5.98. The van der Waals surface area contributed by atoms with E-state index in [4.69, 9.17) is 30.7 Å². The molecule has 1 saturated heterocycles. The number of fused-ring (bicyclic) bond motifs is 1. The van der Waals surface area contributed by atoms with E-state index in [0.29, 0.717) is 17.6 Å². The molecular formula is C26H40ClN5O2Si. The second-order valence-corrected chi connectivity index (χ2v) is 17.4. The number of anilines is 3. The molecule has 9 heteroatoms. The summed E-state index contributed by atoms with van der Waals surface area (Å²) in [6.45, 7) is 22.6. The molecule has 2 atom stereocenters. The van der Waals surface area contributed by atoms with E-state index in [2.05, 4.69) is 88.5 Å². The summed E-state index contributed by atoms with van der Waals surface area (Å²) in [4.78, 5) is 18.9. The van der Waals surface area contributed by atoms with E-state index >= 15 is 0 Å². The van der Waals surface area contributed by atoms with Gasteiger partial charge in [-0.05, 0) is 44.1 Å². The van der Waals surface area contributed by atoms with Crippen molar-refractivity contribution in [3.05, 3.63) is 34.9 Å². The normalized spacial score (nSPS) is 22.5. The summed E-state index contributed by atoms with van der Waals surface area (Å²) < 4.78 is 12.3. The van der Waals surface area contributed by atoms with Crippen LogP contribution in [0.4, 0.5) is 17.3 Å². The smallest absolute Gasteiger partial charge is 0.192 e. The van der Waals surface area contributed by atoms with Gasteiger partial charge in [0.25, 0.3) is 0 Å². The summed E-state index contributed by atoms with van der Waals surface area (Å²) in [7, 11) is -1.93. The molecule has 192 valence electrons. The van der Waals surface area contributed by atoms with Crippen molar-refractivity contribution < 1.29 is 9.16 Å². The summed E-state index contributed by atoms with van der Waals surface area (Å²) in [6, 6.07) is 4.22. The molecule has 7 nitrogen and oxygen atoms in total. The third-order valence-electron chi connectivity index (χ3n) is 7.53. The van der Waals surface area contributed by atoms with E-state index in [0.717, 1.165) is 42.5 Å². The van der Waals surface area contributed by atoms with E-state index in [1.807, 2.05) is 6.20 Å². The highest BCUT2D eigenvalue weighted by Crippen LogP contribution is 2.46. The fraction of sp³-hybridized carbons (Fsp3) is 0.654. The van der Waals surface area contributed by atoms with Crippen LogP contribution in [-0.2, 0) is 21.2 Å². The first-order valence-corrected chi connectivity index (χ1v) is 15.8. The molecule has 0 radical (unpaired) electrons. The van der Waals surface area contributed by atoms with Crippen LogP contribution in [-0.4, -0.2) is 55.1 Å². The van der Waals surface area contributed by atoms with Gasteiger partial charge in [-0.15, -0.1) is 0 Å². The second-order valence-electron chi connectivity index (χ2n) is 12.2. The Morgan fingerprint density at radius 2 is 1.80 bits per heavy atom. The Hall–Kier alpha value is -1.74. The lowest BCUT2D eigenvalue weighted by molar-refractivity contribution is -0.00545. The van der Waals surface area contributed by atoms with Crippen LogP contribution in [0.25, 0.3) is 0 Å². The molecule has 4 rings (SSSR count). The molecule has 35 heavy (non-hydrogen) atoms. The zero-order chi connectivity index (χ0) is 25.8. The lowest BCUT2D eigenvalue weighted by Gasteiger charge is -2.36. The Balaban J connectivity index is 1.61. The third-order valence-corrected chi connectivity index (χ3v) is 12.3. The van der Waals surface area contributed by atoms with Gasteiger partial charge in [0.1, 0.15) is 16.8 Å². The SMILES string of the molecule is C[C@@H]1CN(c2ccc(N3CC(C)(C)c4c(Cl)nc(CO[Si](C)(C)C(C)(C)C)nc43)cn2)C[C@H](C)O1. The van der Waals surface area contributed by atoms with E-state index in [1.54, 1.807) is 0 Å². The monoisotopic (exact) mass is 517 g/mol. The minimum Gasteiger partial charge on any atom is -0.409 e. The van der Waals surface area contributed by atoms with Gasteiger partial charge >= 0.3 is 0 Å². The van der Waals surface area contributed by atoms with Crippen LogP contribution in [0.3, 0.4) is 0 Å². The van der Waals surface area contributed by atoms with Crippen molar-refractivity contribution >= 4 is 37.2 Å². The van der Waals surface area contributed by atoms with Crippen LogP contribution in [0, 0.1) is 0 Å². The Morgan fingerprint density at radius 3 is 2.37 bits per heavy atom. The number of hydrogen-bond acceptors (Lipinski definition) is 7. The largest absolute Gasteiger partial charge is 0.409 e. The van der Waals surface area contributed by atoms with Crippen LogP contribution in [0.5, 0.6) is 0 Å². The zero-order valence-corrected chi connectivity index (χ0v) is 24.4. The van der Waals surface area contributed by atoms with Gasteiger partial charge in [-0.25, -0.2) is 15.0 Å². The van der Waals surface area contributed by atoms with Crippen LogP contribution in [0.2, 0.25) is 23.3 Å². The molecule has 0 aliphatic carbocycles. The fourth-order valence-electron chi connectivity index (χ4n) is 4.62. The molecule has 0 saturated carbocycles. The topological polar surface area (TPSA) is 63.6 Å². The number of ether oxygens (including phenoxy) is 1. The zero-order valence-electron chi connectivity index (χ0n) is 22.6. The quantitative estimate of drug-likeness (QED) is 0.351. The number of nitrogens with zero attached hydrogens (tertiary/aromatic N) is 5. The summed E-state index contributed by atoms with van der Waals surface area (Å²) >= 11 is 6.75. The van der Waals surface area contributed by atoms with Crippen molar-refractivity contribution in [1.82, 2.24) is 15.0 Å². The summed E-state index contributed by atoms with van der Waals surface area (Å²) in [5.74, 6) is 2.45. The van der Waals surface area contributed by atoms with Crippen molar-refractivity contribution in [2.75, 3.05) is 29.4 Å². The predicted molar refractivity (Wildman–Crippen MR) is 146 cm³/mol. The highest BCUT2D eigenvalue weighted by Gasteiger charge is 2.41. The number of aromatic nitrogens is 3. The molecule has 0 N–H and O–H groups in total. The van der Waals surface area contributed by atoms with Gasteiger partial charge in [0.05, 0.1) is 30.7 Å². The van der Waals surface area contributed by atoms with E-state index in [9.17, 15) is 0 Å². The average Bonchev–Trinajstić information content (AvgIpc) is 3.02. The molecule has 1 fully saturated rings. The lowest BCUT2D eigenvalue weighted by atomic mass is 9.89. The number of morpholine rings is 1. The molecule has 2 aliphatic rings. The van der Waals surface area contributed by atoms with Gasteiger partial charge in [0.15, 0.2) is 14.1 Å². The van der Waals surface area contributed by atoms with Crippen molar-refractivity contribution in [1.29, 1.82) is 0 Å². The Kier molecular flexibility index (Phi) is 6.98. The van der Waals surface area contributed by atoms with Gasteiger partial charge in [0, 0.05) is 30.6 Å². The summed E-state index contributed by atoms with van der Waals surface area (Å²) in [5.41, 5.74) is 1.80. The minimum absolute atomic E-state index is 0.116. The first-order chi connectivity index (χ1) is 16.2. The van der Waals surface area contributed by atoms with Gasteiger partial charge < -0.3 is 19.0 Å². The van der Waals surface area contributed by atoms with Crippen LogP contribution in [0.1, 0.15) is 59.9 Å². The predicted octanol–water partition coefficient (Wildman–Crippen LogP) is 6.09. The standard InChI is InChI=1S/C26H40ClN5O2Si/c1-17-13-31(14-18(2)34-17)21-11-10-19(12-28-21)32-16-26(6,7)22-23(27)29-20(30-24(22)32)15-33-35(8,9)25(3,4)5/h10-12,17-18H,13-16H2,1-9H3/t17-,18+. The molecule has 2 aromatic rings. The van der Waals surface area contributed by atoms with Crippen LogP contribution in [0.15, 0.2) is 18.3 Å². The maximum Gasteiger partial charge on any atom is 0.192 e. The van der Waals surface area contributed by atoms with Crippen LogP contribution >= 0.6 is 11.6 Å². The first-order valence-electron chi connectivity index (χ1n) is 12.5. The van der Waals surface area contributed by atoms with Crippen molar-refractivity contribution in [3.8, 4) is 0 Å². The molecule has 0 spiro atoms. The van der Waals surface area contributed by atoms with Crippen molar-refractivity contribution in [3.63, 3.8) is 0 Å². The first kappa shape index (κ1) is 26.3. The molecule has 0 amide bonds. The molecule has 4 heterocycles. The van der Waals surface area contributed by atoms with Crippen molar-refractivity contribution in [2.45, 2.75) is 90.8 Å². The third kappa shape index (κ3) is 5.36. The summed E-state index contributed by atoms with van der Waals surface area (Å²) in [6.07, 6.45) is 2.32. The number of rotatable bonds is 5. The maximum atomic E-state index is 6.75. The number of pyridine rings is 1. The molecule has 2 aliphatic heterocycles. The average molecular weight is 518 g/mol. The number of hydrogen-bond donors (Lipinski definition) is 0. The Morgan fingerprint density at radius 1 is 1.14 bits per heavy atom. The van der Waals surface area contributed by atoms with Gasteiger partial charge in [-0.2, -0.15) is 0 Å². The Labute approximate surface area is 216 Å². The molecule has 2 aromatic heterocycles. The highest BCUT2D eigenvalue weighted by atomic mass is 35.5. The van der Waals surface area contributed by atoms with Gasteiger partial charge in [0.2, 0.25) is 0 Å². The van der Waals surface area contributed by atoms with E-state index < -0.39 is 8.32 Å². The second kappa shape index (κ2) is 9.29. The van der Waals surface area contributed by atoms with E-state index in [-0.39, 0.29) is 22.7 Å². The van der Waals surface area contributed by atoms with Gasteiger partial charge in [-0.3, -0.25) is 0 Å². The molecule has 0 unspecified atom stereocenters. The van der Waals surface area contributed by atoms with Crippen LogP contribution < -0.4 is 9.80 Å². The Bertz CT molecular complexity index is 1060. The summed E-state index contributed by atoms with van der Waals surface area (Å²) in [5, 5.41) is 0.627. The minimum atomic E-state index is -1.93. The van der Waals surface area contributed by atoms with Crippen molar-refractivity contribution in [2.24, 2.45) is 0 Å². The molecular weight excluding hydrogens is 478 g/mol. The lowest BCUT2D eigenvalue weighted by Crippen LogP contribution is -2.45.